The van der Waals surface area contributed by atoms with Crippen LogP contribution in [0.3, 0.4) is 0 Å². The number of nitrogen functional groups attached to an aromatic ring is 1. The second-order valence-electron chi connectivity index (χ2n) is 3.58. The second kappa shape index (κ2) is 6.08. The highest BCUT2D eigenvalue weighted by atomic mass is 79.9. The van der Waals surface area contributed by atoms with Crippen molar-refractivity contribution in [3.8, 4) is 0 Å². The lowest BCUT2D eigenvalue weighted by atomic mass is 10.3. The summed E-state index contributed by atoms with van der Waals surface area (Å²) in [5.41, 5.74) is 6.13. The summed E-state index contributed by atoms with van der Waals surface area (Å²) in [6.45, 7) is 2.37. The van der Waals surface area contributed by atoms with E-state index in [2.05, 4.69) is 20.7 Å². The molecule has 1 aromatic rings. The van der Waals surface area contributed by atoms with Crippen LogP contribution in [-0.2, 0) is 10.0 Å². The van der Waals surface area contributed by atoms with Crippen molar-refractivity contribution < 1.29 is 8.42 Å². The molecule has 96 valence electrons. The van der Waals surface area contributed by atoms with Crippen LogP contribution in [0.15, 0.2) is 27.6 Å². The van der Waals surface area contributed by atoms with E-state index in [4.69, 9.17) is 5.73 Å². The zero-order chi connectivity index (χ0) is 13.1. The molecule has 0 saturated heterocycles. The van der Waals surface area contributed by atoms with E-state index in [0.29, 0.717) is 16.7 Å². The average Bonchev–Trinajstić information content (AvgIpc) is 2.29. The maximum absolute atomic E-state index is 11.9. The van der Waals surface area contributed by atoms with E-state index in [0.717, 1.165) is 0 Å². The van der Waals surface area contributed by atoms with Gasteiger partial charge in [-0.2, -0.15) is 11.8 Å². The molecule has 0 fully saturated rings. The second-order valence-corrected chi connectivity index (χ2v) is 7.48. The monoisotopic (exact) mass is 338 g/mol. The van der Waals surface area contributed by atoms with Gasteiger partial charge < -0.3 is 5.73 Å². The summed E-state index contributed by atoms with van der Waals surface area (Å²) in [6.07, 6.45) is 1.94. The van der Waals surface area contributed by atoms with Crippen molar-refractivity contribution in [1.29, 1.82) is 0 Å². The first kappa shape index (κ1) is 14.8. The normalized spacial score (nSPS) is 13.6. The maximum Gasteiger partial charge on any atom is 0.240 e. The van der Waals surface area contributed by atoms with Crippen molar-refractivity contribution in [3.05, 3.63) is 22.7 Å². The number of nitrogens with one attached hydrogen (secondary N) is 1. The van der Waals surface area contributed by atoms with Gasteiger partial charge >= 0.3 is 0 Å². The number of benzene rings is 1. The van der Waals surface area contributed by atoms with Crippen LogP contribution in [0.2, 0.25) is 0 Å². The van der Waals surface area contributed by atoms with E-state index in [1.807, 2.05) is 13.2 Å². The Morgan fingerprint density at radius 2 is 2.18 bits per heavy atom. The summed E-state index contributed by atoms with van der Waals surface area (Å²) < 4.78 is 27.0. The zero-order valence-corrected chi connectivity index (χ0v) is 12.8. The third-order valence-corrected chi connectivity index (χ3v) is 5.32. The molecule has 0 heterocycles. The molecule has 1 rings (SSSR count). The Kier molecular flexibility index (Phi) is 5.30. The molecular formula is C10H15BrN2O2S2. The number of hydrogen-bond donors (Lipinski definition) is 2. The van der Waals surface area contributed by atoms with Gasteiger partial charge in [0, 0.05) is 22.0 Å². The van der Waals surface area contributed by atoms with Crippen molar-refractivity contribution in [2.45, 2.75) is 17.1 Å². The molecule has 1 aromatic carbocycles. The van der Waals surface area contributed by atoms with Gasteiger partial charge in [0.05, 0.1) is 4.90 Å². The van der Waals surface area contributed by atoms with Crippen molar-refractivity contribution in [2.75, 3.05) is 18.5 Å². The van der Waals surface area contributed by atoms with Crippen LogP contribution >= 0.6 is 27.7 Å². The molecule has 1 atom stereocenters. The first-order valence-electron chi connectivity index (χ1n) is 4.94. The Balaban J connectivity index is 2.86. The van der Waals surface area contributed by atoms with Gasteiger partial charge in [-0.05, 0) is 40.4 Å². The van der Waals surface area contributed by atoms with Crippen LogP contribution in [0.25, 0.3) is 0 Å². The summed E-state index contributed by atoms with van der Waals surface area (Å²) in [4.78, 5) is 0.215. The highest BCUT2D eigenvalue weighted by molar-refractivity contribution is 9.10. The van der Waals surface area contributed by atoms with E-state index in [1.165, 1.54) is 12.1 Å². The lowest BCUT2D eigenvalue weighted by molar-refractivity contribution is 0.581. The minimum Gasteiger partial charge on any atom is -0.398 e. The van der Waals surface area contributed by atoms with Gasteiger partial charge in [-0.3, -0.25) is 0 Å². The van der Waals surface area contributed by atoms with Gasteiger partial charge in [0.15, 0.2) is 0 Å². The fourth-order valence-electron chi connectivity index (χ4n) is 1.07. The average molecular weight is 339 g/mol. The Hall–Kier alpha value is -0.240. The number of halogens is 1. The highest BCUT2D eigenvalue weighted by Gasteiger charge is 2.15. The number of nitrogens with two attached hydrogens (primary N) is 1. The van der Waals surface area contributed by atoms with Crippen molar-refractivity contribution in [2.24, 2.45) is 0 Å². The Morgan fingerprint density at radius 3 is 2.71 bits per heavy atom. The molecule has 7 heteroatoms. The standard InChI is InChI=1S/C10H15BrN2O2S2/c1-7(16-2)6-13-17(14,15)8-3-4-10(12)9(11)5-8/h3-5,7,13H,6,12H2,1-2H3. The molecule has 0 radical (unpaired) electrons. The van der Waals surface area contributed by atoms with Gasteiger partial charge in [-0.1, -0.05) is 6.92 Å². The van der Waals surface area contributed by atoms with Crippen molar-refractivity contribution >= 4 is 43.4 Å². The van der Waals surface area contributed by atoms with E-state index in [1.54, 1.807) is 17.8 Å². The predicted molar refractivity (Wildman–Crippen MR) is 76.7 cm³/mol. The van der Waals surface area contributed by atoms with E-state index < -0.39 is 10.0 Å². The molecule has 4 nitrogen and oxygen atoms in total. The summed E-state index contributed by atoms with van der Waals surface area (Å²) in [5, 5.41) is 0.238. The largest absolute Gasteiger partial charge is 0.398 e. The Morgan fingerprint density at radius 1 is 1.53 bits per heavy atom. The van der Waals surface area contributed by atoms with Crippen LogP contribution < -0.4 is 10.5 Å². The molecule has 0 aromatic heterocycles. The summed E-state index contributed by atoms with van der Waals surface area (Å²) in [5.74, 6) is 0. The SMILES string of the molecule is CSC(C)CNS(=O)(=O)c1ccc(N)c(Br)c1. The topological polar surface area (TPSA) is 72.2 Å². The first-order chi connectivity index (χ1) is 7.86. The lowest BCUT2D eigenvalue weighted by Crippen LogP contribution is -2.29. The number of hydrogen-bond acceptors (Lipinski definition) is 4. The van der Waals surface area contributed by atoms with Crippen LogP contribution in [0.5, 0.6) is 0 Å². The third kappa shape index (κ3) is 4.17. The number of sulfonamides is 1. The number of rotatable bonds is 5. The highest BCUT2D eigenvalue weighted by Crippen LogP contribution is 2.22. The third-order valence-electron chi connectivity index (χ3n) is 2.25. The molecule has 0 aliphatic heterocycles. The van der Waals surface area contributed by atoms with Gasteiger partial charge in [-0.15, -0.1) is 0 Å². The summed E-state index contributed by atoms with van der Waals surface area (Å²) in [7, 11) is -3.45. The molecule has 17 heavy (non-hydrogen) atoms. The molecular weight excluding hydrogens is 324 g/mol. The molecule has 0 saturated carbocycles. The first-order valence-corrected chi connectivity index (χ1v) is 8.50. The summed E-state index contributed by atoms with van der Waals surface area (Å²) in [6, 6.07) is 4.56. The van der Waals surface area contributed by atoms with Gasteiger partial charge in [0.25, 0.3) is 0 Å². The number of thioether (sulfide) groups is 1. The minimum absolute atomic E-state index is 0.215. The smallest absolute Gasteiger partial charge is 0.240 e. The van der Waals surface area contributed by atoms with Crippen LogP contribution in [-0.4, -0.2) is 26.5 Å². The van der Waals surface area contributed by atoms with E-state index in [9.17, 15) is 8.42 Å². The summed E-state index contributed by atoms with van der Waals surface area (Å²) >= 11 is 4.82. The Labute approximate surface area is 115 Å². The molecule has 3 N–H and O–H groups in total. The van der Waals surface area contributed by atoms with Crippen LogP contribution in [0, 0.1) is 0 Å². The minimum atomic E-state index is -3.45. The van der Waals surface area contributed by atoms with E-state index in [-0.39, 0.29) is 10.1 Å². The van der Waals surface area contributed by atoms with Crippen LogP contribution in [0.1, 0.15) is 6.92 Å². The Bertz CT molecular complexity index is 491. The fourth-order valence-corrected chi connectivity index (χ4v) is 3.11. The zero-order valence-electron chi connectivity index (χ0n) is 9.60. The lowest BCUT2D eigenvalue weighted by Gasteiger charge is -2.11. The molecule has 0 spiro atoms. The van der Waals surface area contributed by atoms with E-state index >= 15 is 0 Å². The quantitative estimate of drug-likeness (QED) is 0.806. The molecule has 1 unspecified atom stereocenters. The van der Waals surface area contributed by atoms with Crippen LogP contribution in [0.4, 0.5) is 5.69 Å². The van der Waals surface area contributed by atoms with Gasteiger partial charge in [-0.25, -0.2) is 13.1 Å². The number of anilines is 1. The molecule has 0 amide bonds. The predicted octanol–water partition coefficient (Wildman–Crippen LogP) is 2.06. The van der Waals surface area contributed by atoms with Crippen molar-refractivity contribution in [1.82, 2.24) is 4.72 Å². The van der Waals surface area contributed by atoms with Crippen molar-refractivity contribution in [3.63, 3.8) is 0 Å². The van der Waals surface area contributed by atoms with Gasteiger partial charge in [0.1, 0.15) is 0 Å². The maximum atomic E-state index is 11.9. The molecule has 0 aliphatic carbocycles. The molecule has 0 aliphatic rings. The van der Waals surface area contributed by atoms with Gasteiger partial charge in [0.2, 0.25) is 10.0 Å². The fraction of sp³-hybridized carbons (Fsp3) is 0.400. The molecule has 0 bridgehead atoms.